The van der Waals surface area contributed by atoms with Crippen LogP contribution in [0.4, 0.5) is 23.8 Å². The number of nitrogens with one attached hydrogen (secondary N) is 1. The Bertz CT molecular complexity index is 1390. The molecule has 3 heterocycles. The summed E-state index contributed by atoms with van der Waals surface area (Å²) in [5, 5.41) is 12.0. The van der Waals surface area contributed by atoms with Gasteiger partial charge in [-0.1, -0.05) is 6.08 Å². The molecule has 2 fully saturated rings. The van der Waals surface area contributed by atoms with E-state index in [0.29, 0.717) is 25.2 Å². The lowest BCUT2D eigenvalue weighted by Crippen LogP contribution is -2.61. The van der Waals surface area contributed by atoms with E-state index in [2.05, 4.69) is 26.5 Å². The number of urea groups is 1. The van der Waals surface area contributed by atoms with Crippen LogP contribution in [0.3, 0.4) is 0 Å². The largest absolute Gasteiger partial charge is 0.573 e. The lowest BCUT2D eigenvalue weighted by Gasteiger charge is -2.38. The van der Waals surface area contributed by atoms with E-state index in [-0.39, 0.29) is 43.7 Å². The molecular formula is C27H35F3N8O5. The second kappa shape index (κ2) is 13.1. The number of ether oxygens (including phenoxy) is 1. The Labute approximate surface area is 245 Å². The van der Waals surface area contributed by atoms with Crippen molar-refractivity contribution in [2.24, 2.45) is 11.5 Å². The number of piperidine rings is 1. The highest BCUT2D eigenvalue weighted by Crippen LogP contribution is 2.27. The first kappa shape index (κ1) is 31.9. The van der Waals surface area contributed by atoms with Crippen molar-refractivity contribution in [1.29, 1.82) is 0 Å². The molecule has 1 aromatic heterocycles. The third kappa shape index (κ3) is 8.10. The van der Waals surface area contributed by atoms with Crippen LogP contribution >= 0.6 is 0 Å². The summed E-state index contributed by atoms with van der Waals surface area (Å²) >= 11 is 0. The number of hydrogen-bond donors (Lipinski definition) is 4. The molecule has 0 aliphatic carbocycles. The van der Waals surface area contributed by atoms with Gasteiger partial charge in [-0.05, 0) is 49.7 Å². The molecule has 0 spiro atoms. The van der Waals surface area contributed by atoms with Gasteiger partial charge >= 0.3 is 18.1 Å². The van der Waals surface area contributed by atoms with Crippen molar-refractivity contribution >= 4 is 17.8 Å². The summed E-state index contributed by atoms with van der Waals surface area (Å²) in [6.45, 7) is 5.24. The SMILES string of the molecule is C=CC(N)(CO)C(=O)N1CCN(C(=O)Nc2ccn(-c3cc(CN4CCC(N)CC4)cc(OC(F)(F)F)c3)c(=O)n2)CC1. The second-order valence-electron chi connectivity index (χ2n) is 10.6. The Hall–Kier alpha value is -3.99. The summed E-state index contributed by atoms with van der Waals surface area (Å²) in [5.41, 5.74) is 9.99. The van der Waals surface area contributed by atoms with Crippen molar-refractivity contribution < 1.29 is 32.6 Å². The first-order valence-electron chi connectivity index (χ1n) is 13.7. The van der Waals surface area contributed by atoms with E-state index in [1.165, 1.54) is 34.2 Å². The van der Waals surface area contributed by atoms with Gasteiger partial charge in [0, 0.05) is 51.0 Å². The number of piperazine rings is 1. The zero-order valence-electron chi connectivity index (χ0n) is 23.4. The minimum Gasteiger partial charge on any atom is -0.406 e. The minimum atomic E-state index is -4.93. The number of rotatable bonds is 8. The summed E-state index contributed by atoms with van der Waals surface area (Å²) in [5.74, 6) is -1.05. The first-order chi connectivity index (χ1) is 20.3. The predicted molar refractivity (Wildman–Crippen MR) is 150 cm³/mol. The van der Waals surface area contributed by atoms with Gasteiger partial charge in [-0.3, -0.25) is 19.6 Å². The highest BCUT2D eigenvalue weighted by molar-refractivity contribution is 5.90. The number of nitrogens with two attached hydrogens (primary N) is 2. The highest BCUT2D eigenvalue weighted by Gasteiger charge is 2.36. The third-order valence-electron chi connectivity index (χ3n) is 7.42. The Morgan fingerprint density at radius 2 is 1.77 bits per heavy atom. The number of carbonyl (C=O) groups excluding carboxylic acids is 2. The number of benzene rings is 1. The van der Waals surface area contributed by atoms with Crippen molar-refractivity contribution in [3.8, 4) is 11.4 Å². The fourth-order valence-corrected chi connectivity index (χ4v) is 4.92. The molecule has 4 rings (SSSR count). The standard InChI is InChI=1S/C27H35F3N8O5/c1-2-26(32,17-39)23(40)36-9-11-37(12-10-36)24(41)33-22-5-8-38(25(42)34-22)20-13-18(14-21(15-20)43-27(28,29)30)16-35-6-3-19(31)4-7-35/h2,5,8,13-15,19,39H,1,3-4,6-7,9-12,16-17,31-32H2,(H,33,34,41,42). The molecule has 2 saturated heterocycles. The summed E-state index contributed by atoms with van der Waals surface area (Å²) in [7, 11) is 0. The Morgan fingerprint density at radius 1 is 1.12 bits per heavy atom. The lowest BCUT2D eigenvalue weighted by molar-refractivity contribution is -0.274. The molecule has 3 amide bonds. The molecule has 0 bridgehead atoms. The van der Waals surface area contributed by atoms with E-state index in [1.54, 1.807) is 6.07 Å². The highest BCUT2D eigenvalue weighted by atomic mass is 19.4. The molecule has 16 heteroatoms. The quantitative estimate of drug-likeness (QED) is 0.313. The maximum absolute atomic E-state index is 13.1. The second-order valence-corrected chi connectivity index (χ2v) is 10.6. The summed E-state index contributed by atoms with van der Waals surface area (Å²) in [6.07, 6.45) is -0.925. The molecule has 13 nitrogen and oxygen atoms in total. The average molecular weight is 609 g/mol. The van der Waals surface area contributed by atoms with Crippen LogP contribution in [-0.2, 0) is 11.3 Å². The molecule has 2 aromatic rings. The molecule has 0 saturated carbocycles. The Morgan fingerprint density at radius 3 is 2.35 bits per heavy atom. The lowest BCUT2D eigenvalue weighted by atomic mass is 10.00. The van der Waals surface area contributed by atoms with Crippen LogP contribution in [0.15, 0.2) is 47.9 Å². The molecule has 1 aromatic carbocycles. The number of likely N-dealkylation sites (tertiary alicyclic amines) is 1. The molecule has 1 unspecified atom stereocenters. The number of nitrogens with zero attached hydrogens (tertiary/aromatic N) is 5. The van der Waals surface area contributed by atoms with Crippen LogP contribution in [0.1, 0.15) is 18.4 Å². The van der Waals surface area contributed by atoms with E-state index in [4.69, 9.17) is 11.5 Å². The summed E-state index contributed by atoms with van der Waals surface area (Å²) < 4.78 is 44.4. The Kier molecular flexibility index (Phi) is 9.74. The minimum absolute atomic E-state index is 0.0646. The molecule has 234 valence electrons. The molecular weight excluding hydrogens is 573 g/mol. The van der Waals surface area contributed by atoms with Gasteiger partial charge in [-0.2, -0.15) is 4.98 Å². The maximum Gasteiger partial charge on any atom is 0.573 e. The number of aliphatic hydroxyl groups excluding tert-OH is 1. The molecule has 43 heavy (non-hydrogen) atoms. The van der Waals surface area contributed by atoms with E-state index < -0.39 is 41.9 Å². The predicted octanol–water partition coefficient (Wildman–Crippen LogP) is 0.606. The van der Waals surface area contributed by atoms with Gasteiger partial charge in [-0.25, -0.2) is 9.59 Å². The van der Waals surface area contributed by atoms with Gasteiger partial charge in [0.05, 0.1) is 12.3 Å². The number of aromatic nitrogens is 2. The third-order valence-corrected chi connectivity index (χ3v) is 7.42. The topological polar surface area (TPSA) is 172 Å². The molecule has 0 radical (unpaired) electrons. The number of alkyl halides is 3. The average Bonchev–Trinajstić information content (AvgIpc) is 2.96. The van der Waals surface area contributed by atoms with Crippen LogP contribution in [0, 0.1) is 0 Å². The normalized spacial score (nSPS) is 18.2. The summed E-state index contributed by atoms with van der Waals surface area (Å²) in [4.78, 5) is 47.1. The van der Waals surface area contributed by atoms with Gasteiger partial charge in [0.1, 0.15) is 17.1 Å². The van der Waals surface area contributed by atoms with Crippen LogP contribution in [0.25, 0.3) is 5.69 Å². The fourth-order valence-electron chi connectivity index (χ4n) is 4.92. The number of aliphatic hydroxyl groups is 1. The van der Waals surface area contributed by atoms with E-state index >= 15 is 0 Å². The zero-order chi connectivity index (χ0) is 31.4. The number of amides is 3. The van der Waals surface area contributed by atoms with Crippen LogP contribution in [0.2, 0.25) is 0 Å². The van der Waals surface area contributed by atoms with Gasteiger partial charge in [0.2, 0.25) is 5.91 Å². The summed E-state index contributed by atoms with van der Waals surface area (Å²) in [6, 6.07) is 4.82. The van der Waals surface area contributed by atoms with Crippen LogP contribution < -0.4 is 27.2 Å². The number of hydrogen-bond acceptors (Lipinski definition) is 9. The van der Waals surface area contributed by atoms with Crippen molar-refractivity contribution in [2.45, 2.75) is 37.3 Å². The number of carbonyl (C=O) groups is 2. The zero-order valence-corrected chi connectivity index (χ0v) is 23.4. The van der Waals surface area contributed by atoms with E-state index in [0.717, 1.165) is 23.5 Å². The monoisotopic (exact) mass is 608 g/mol. The molecule has 6 N–H and O–H groups in total. The molecule has 1 atom stereocenters. The Balaban J connectivity index is 1.45. The van der Waals surface area contributed by atoms with Crippen molar-refractivity contribution in [3.63, 3.8) is 0 Å². The van der Waals surface area contributed by atoms with Gasteiger partial charge in [0.25, 0.3) is 0 Å². The maximum atomic E-state index is 13.1. The van der Waals surface area contributed by atoms with Crippen LogP contribution in [-0.4, -0.2) is 105 Å². The van der Waals surface area contributed by atoms with Gasteiger partial charge in [0.15, 0.2) is 0 Å². The van der Waals surface area contributed by atoms with Crippen molar-refractivity contribution in [1.82, 2.24) is 24.3 Å². The van der Waals surface area contributed by atoms with Crippen molar-refractivity contribution in [3.05, 3.63) is 59.2 Å². The smallest absolute Gasteiger partial charge is 0.406 e. The van der Waals surface area contributed by atoms with Gasteiger partial charge in [-0.15, -0.1) is 19.8 Å². The van der Waals surface area contributed by atoms with E-state index in [9.17, 15) is 32.7 Å². The fraction of sp³-hybridized carbons (Fsp3) is 0.481. The van der Waals surface area contributed by atoms with Gasteiger partial charge < -0.3 is 31.1 Å². The molecule has 2 aliphatic heterocycles. The first-order valence-corrected chi connectivity index (χ1v) is 13.7. The van der Waals surface area contributed by atoms with Crippen LogP contribution in [0.5, 0.6) is 5.75 Å². The number of anilines is 1. The van der Waals surface area contributed by atoms with Crippen molar-refractivity contribution in [2.75, 3.05) is 51.2 Å². The van der Waals surface area contributed by atoms with E-state index in [1.807, 2.05) is 0 Å². The number of halogens is 3. The molecule has 2 aliphatic rings.